The summed E-state index contributed by atoms with van der Waals surface area (Å²) < 4.78 is 61.0. The van der Waals surface area contributed by atoms with Crippen LogP contribution in [0.15, 0.2) is 231 Å². The smallest absolute Gasteiger partial charge is 0.407 e. The zero-order valence-corrected chi connectivity index (χ0v) is 80.5. The van der Waals surface area contributed by atoms with Gasteiger partial charge >= 0.3 is 41.9 Å². The van der Waals surface area contributed by atoms with Crippen molar-refractivity contribution < 1.29 is 129 Å². The maximum atomic E-state index is 14.4. The number of nitrogens with two attached hydrogens (primary N) is 1. The van der Waals surface area contributed by atoms with Crippen molar-refractivity contribution in [3.63, 3.8) is 0 Å². The monoisotopic (exact) mass is 1990 g/mol. The molecule has 7 unspecified atom stereocenters. The molecule has 1 aliphatic rings. The Morgan fingerprint density at radius 3 is 0.958 bits per heavy atom. The highest BCUT2D eigenvalue weighted by atomic mass is 16.6. The van der Waals surface area contributed by atoms with Gasteiger partial charge in [-0.3, -0.25) is 57.5 Å². The summed E-state index contributed by atoms with van der Waals surface area (Å²) in [6.45, 7) is -0.555. The maximum Gasteiger partial charge on any atom is 0.407 e. The van der Waals surface area contributed by atoms with Crippen molar-refractivity contribution in [3.8, 4) is 11.1 Å². The van der Waals surface area contributed by atoms with E-state index in [1.165, 1.54) is 0 Å². The van der Waals surface area contributed by atoms with E-state index in [4.69, 9.17) is 57.8 Å². The van der Waals surface area contributed by atoms with Gasteiger partial charge in [0.1, 0.15) is 95.7 Å². The summed E-state index contributed by atoms with van der Waals surface area (Å²) in [7, 11) is 0. The first-order valence-electron chi connectivity index (χ1n) is 47.9. The molecule has 38 heteroatoms. The third-order valence-electron chi connectivity index (χ3n) is 22.4. The zero-order valence-electron chi connectivity index (χ0n) is 80.5. The van der Waals surface area contributed by atoms with E-state index >= 15 is 0 Å². The number of amides is 10. The predicted octanol–water partition coefficient (Wildman–Crippen LogP) is 7.12. The van der Waals surface area contributed by atoms with Gasteiger partial charge in [-0.2, -0.15) is 0 Å². The molecule has 144 heavy (non-hydrogen) atoms. The molecule has 0 bridgehead atoms. The Balaban J connectivity index is 0.682. The quantitative estimate of drug-likeness (QED) is 0.0103. The predicted molar refractivity (Wildman–Crippen MR) is 523 cm³/mol. The number of esters is 6. The minimum atomic E-state index is -1.57. The summed E-state index contributed by atoms with van der Waals surface area (Å²) in [6.07, 6.45) is -3.48. The number of hydrogen-bond donors (Lipinski definition) is 11. The number of rotatable bonds is 66. The lowest BCUT2D eigenvalue weighted by molar-refractivity contribution is -0.152. The molecule has 0 aliphatic heterocycles. The van der Waals surface area contributed by atoms with E-state index in [0.29, 0.717) is 28.7 Å². The molecule has 9 rings (SSSR count). The molecule has 12 N–H and O–H groups in total. The molecule has 8 aromatic carbocycles. The molecule has 1 aliphatic carbocycles. The lowest BCUT2D eigenvalue weighted by Crippen LogP contribution is -2.53. The number of alkyl carbamates (subject to hydrolysis) is 1. The summed E-state index contributed by atoms with van der Waals surface area (Å²) in [5, 5.41) is 26.3. The SMILES string of the molecule is CCCC(NC(=O)COCCOCCNC(=O)C(CCC(=O)NCCNC(=O)CCC(N)C(=O)NCCOCCOCC(=O)NC(CCC(=O)NC(CCC(=O)OCc1ccccc1)C(=O)OCc1ccccc1)C(=O)NC(CCC(=O)OCc1ccccc1)C(=O)OCc1ccccc1)NC(=O)OCC1c2ccccc2-c2ccccc21)C(=O)NC(CCC(=O)OCc1ccccc1)C(=O)OCc1ccccc1. The van der Waals surface area contributed by atoms with Gasteiger partial charge in [0.15, 0.2) is 0 Å². The fourth-order valence-electron chi connectivity index (χ4n) is 14.7. The average molecular weight is 1990 g/mol. The van der Waals surface area contributed by atoms with Crippen LogP contribution in [-0.4, -0.2) is 223 Å². The van der Waals surface area contributed by atoms with Crippen LogP contribution in [0.3, 0.4) is 0 Å². The summed E-state index contributed by atoms with van der Waals surface area (Å²) in [4.78, 5) is 215. The summed E-state index contributed by atoms with van der Waals surface area (Å²) >= 11 is 0. The van der Waals surface area contributed by atoms with Crippen molar-refractivity contribution in [2.45, 2.75) is 185 Å². The first-order valence-corrected chi connectivity index (χ1v) is 47.9. The van der Waals surface area contributed by atoms with Crippen LogP contribution in [0.5, 0.6) is 0 Å². The molecule has 0 aromatic heterocycles. The second kappa shape index (κ2) is 64.3. The van der Waals surface area contributed by atoms with Gasteiger partial charge in [0, 0.05) is 70.6 Å². The number of benzene rings is 8. The molecule has 0 spiro atoms. The van der Waals surface area contributed by atoms with Crippen molar-refractivity contribution >= 4 is 95.1 Å². The Labute approximate surface area is 835 Å². The Kier molecular flexibility index (Phi) is 50.3. The van der Waals surface area contributed by atoms with Gasteiger partial charge in [-0.15, -0.1) is 0 Å². The summed E-state index contributed by atoms with van der Waals surface area (Å²) in [6, 6.07) is 59.4. The van der Waals surface area contributed by atoms with E-state index in [1.807, 2.05) is 60.7 Å². The number of carbonyl (C=O) groups is 16. The second-order valence-corrected chi connectivity index (χ2v) is 33.5. The fourth-order valence-corrected chi connectivity index (χ4v) is 14.7. The molecule has 8 aromatic rings. The first-order chi connectivity index (χ1) is 69.9. The molecule has 7 atom stereocenters. The third kappa shape index (κ3) is 43.1. The molecule has 768 valence electrons. The van der Waals surface area contributed by atoms with Crippen LogP contribution in [0.2, 0.25) is 0 Å². The lowest BCUT2D eigenvalue weighted by atomic mass is 9.98. The van der Waals surface area contributed by atoms with Crippen LogP contribution in [0.25, 0.3) is 11.1 Å². The van der Waals surface area contributed by atoms with Gasteiger partial charge < -0.3 is 111 Å². The van der Waals surface area contributed by atoms with Crippen LogP contribution in [0.1, 0.15) is 147 Å². The van der Waals surface area contributed by atoms with Gasteiger partial charge in [0.25, 0.3) is 0 Å². The molecular weight excluding hydrogens is 1860 g/mol. The maximum absolute atomic E-state index is 14.4. The minimum Gasteiger partial charge on any atom is -0.461 e. The Morgan fingerprint density at radius 1 is 0.271 bits per heavy atom. The van der Waals surface area contributed by atoms with Crippen LogP contribution in [-0.2, 0) is 164 Å². The van der Waals surface area contributed by atoms with Crippen LogP contribution in [0, 0.1) is 0 Å². The van der Waals surface area contributed by atoms with E-state index in [2.05, 4.69) is 53.2 Å². The molecule has 0 radical (unpaired) electrons. The molecule has 0 saturated heterocycles. The van der Waals surface area contributed by atoms with Crippen molar-refractivity contribution in [2.75, 3.05) is 85.6 Å². The molecule has 0 heterocycles. The minimum absolute atomic E-state index is 0.0153. The van der Waals surface area contributed by atoms with Gasteiger partial charge in [-0.1, -0.05) is 244 Å². The Hall–Kier alpha value is -15.1. The molecule has 10 amide bonds. The fraction of sp³-hybridized carbons (Fsp3) is 0.396. The Bertz CT molecular complexity index is 5360. The molecule has 0 fully saturated rings. The highest BCUT2D eigenvalue weighted by Crippen LogP contribution is 2.44. The van der Waals surface area contributed by atoms with E-state index in [0.717, 1.165) is 33.4 Å². The van der Waals surface area contributed by atoms with Crippen LogP contribution in [0.4, 0.5) is 4.79 Å². The summed E-state index contributed by atoms with van der Waals surface area (Å²) in [5.41, 5.74) is 14.2. The molecule has 38 nitrogen and oxygen atoms in total. The zero-order chi connectivity index (χ0) is 103. The van der Waals surface area contributed by atoms with Crippen LogP contribution < -0.4 is 58.9 Å². The average Bonchev–Trinajstić information content (AvgIpc) is 1.61. The van der Waals surface area contributed by atoms with Crippen molar-refractivity contribution in [3.05, 3.63) is 275 Å². The Morgan fingerprint density at radius 2 is 0.576 bits per heavy atom. The second-order valence-electron chi connectivity index (χ2n) is 33.5. The topological polar surface area (TPSA) is 521 Å². The molecule has 0 saturated carbocycles. The van der Waals surface area contributed by atoms with Crippen molar-refractivity contribution in [1.29, 1.82) is 0 Å². The highest BCUT2D eigenvalue weighted by molar-refractivity contribution is 5.94. The van der Waals surface area contributed by atoms with Crippen molar-refractivity contribution in [1.82, 2.24) is 53.2 Å². The van der Waals surface area contributed by atoms with E-state index < -0.39 is 163 Å². The number of nitrogens with one attached hydrogen (secondary N) is 10. The highest BCUT2D eigenvalue weighted by Gasteiger charge is 2.35. The number of carbonyl (C=O) groups excluding carboxylic acids is 16. The van der Waals surface area contributed by atoms with Gasteiger partial charge in [-0.05, 0) is 101 Å². The number of fused-ring (bicyclic) bond motifs is 3. The number of ether oxygens (including phenoxy) is 11. The van der Waals surface area contributed by atoms with Crippen LogP contribution >= 0.6 is 0 Å². The first kappa shape index (κ1) is 112. The summed E-state index contributed by atoms with van der Waals surface area (Å²) in [5.74, 6) is -11.0. The standard InChI is InChI=1S/C106H127N11O27/c1-2-25-85(101(128)115-89(104(131)142-68-77-34-17-7-18-35-77)46-52-97(124)139-65-74-28-11-4-12-29-74)112-94(121)71-136-63-61-135-59-57-111-100(127)86(117-106(133)144-70-83-81-40-23-21-38-79(81)80-39-22-24-41-82(80)83)43-49-92(119)109-55-54-108-91(118)48-42-84(107)99(126)110-56-58-134-60-62-137-72-95(122)113-87(102(129)116-90(105(132)143-69-78-36-19-8-20-37-78)47-53-98(125)140-66-75-30-13-5-14-31-75)44-50-93(120)114-88(103(130)141-67-76-32-15-6-16-33-76)45-51-96(123)138-64-73-26-9-3-10-27-73/h3-24,26-41,83-90H,2,25,42-72,107H2,1H3,(H,108,118)(H,109,119)(H,110,126)(H,111,127)(H,112,121)(H,113,122)(H,114,120)(H,115,128)(H,116,129)(H,117,133). The van der Waals surface area contributed by atoms with Crippen molar-refractivity contribution in [2.24, 2.45) is 5.73 Å². The van der Waals surface area contributed by atoms with Gasteiger partial charge in [0.05, 0.1) is 45.7 Å². The number of hydrogen-bond acceptors (Lipinski definition) is 28. The molecular formula is C106H127N11O27. The van der Waals surface area contributed by atoms with E-state index in [1.54, 1.807) is 177 Å². The third-order valence-corrected chi connectivity index (χ3v) is 22.4. The van der Waals surface area contributed by atoms with E-state index in [9.17, 15) is 76.7 Å². The van der Waals surface area contributed by atoms with E-state index in [-0.39, 0.29) is 189 Å². The largest absolute Gasteiger partial charge is 0.461 e. The normalized spacial score (nSPS) is 12.7. The lowest BCUT2D eigenvalue weighted by Gasteiger charge is -2.23. The van der Waals surface area contributed by atoms with Gasteiger partial charge in [0.2, 0.25) is 53.2 Å². The van der Waals surface area contributed by atoms with Gasteiger partial charge in [-0.25, -0.2) is 19.2 Å².